The number of rotatable bonds is 4. The first kappa shape index (κ1) is 14.1. The zero-order valence-corrected chi connectivity index (χ0v) is 9.15. The van der Waals surface area contributed by atoms with Crippen LogP contribution in [0.2, 0.25) is 0 Å². The van der Waals surface area contributed by atoms with Crippen LogP contribution in [0.15, 0.2) is 29.4 Å². The van der Waals surface area contributed by atoms with Gasteiger partial charge in [0.25, 0.3) is 0 Å². The predicted octanol–water partition coefficient (Wildman–Crippen LogP) is 4.56. The van der Waals surface area contributed by atoms with E-state index in [1.807, 2.05) is 0 Å². The van der Waals surface area contributed by atoms with E-state index in [4.69, 9.17) is 5.53 Å². The molecule has 0 aromatic heterocycles. The van der Waals surface area contributed by atoms with E-state index in [1.165, 1.54) is 12.2 Å². The highest BCUT2D eigenvalue weighted by molar-refractivity contribution is 5.51. The summed E-state index contributed by atoms with van der Waals surface area (Å²) in [5.74, 6) is -0.945. The molecule has 0 radical (unpaired) electrons. The quantitative estimate of drug-likeness (QED) is 0.250. The van der Waals surface area contributed by atoms with Gasteiger partial charge in [0.15, 0.2) is 0 Å². The van der Waals surface area contributed by atoms with Crippen molar-refractivity contribution in [3.05, 3.63) is 51.7 Å². The van der Waals surface area contributed by atoms with Crippen LogP contribution in [0, 0.1) is 5.82 Å². The summed E-state index contributed by atoms with van der Waals surface area (Å²) in [7, 11) is 0. The molecule has 0 bridgehead atoms. The Morgan fingerprint density at radius 2 is 2.00 bits per heavy atom. The molecule has 0 N–H and O–H groups in total. The third-order valence-electron chi connectivity index (χ3n) is 2.02. The van der Waals surface area contributed by atoms with Gasteiger partial charge in [-0.2, -0.15) is 13.2 Å². The normalized spacial score (nSPS) is 11.6. The monoisotopic (exact) mass is 259 g/mol. The van der Waals surface area contributed by atoms with Crippen LogP contribution >= 0.6 is 0 Å². The van der Waals surface area contributed by atoms with Crippen LogP contribution in [0.5, 0.6) is 0 Å². The van der Waals surface area contributed by atoms with E-state index in [2.05, 4.69) is 10.0 Å². The van der Waals surface area contributed by atoms with E-state index in [0.29, 0.717) is 12.5 Å². The van der Waals surface area contributed by atoms with E-state index in [1.54, 1.807) is 0 Å². The summed E-state index contributed by atoms with van der Waals surface area (Å²) in [6, 6.07) is 2.30. The molecule has 0 heterocycles. The summed E-state index contributed by atoms with van der Waals surface area (Å²) in [6.45, 7) is 0.203. The maximum Gasteiger partial charge on any atom is 0.416 e. The first-order valence-corrected chi connectivity index (χ1v) is 4.98. The van der Waals surface area contributed by atoms with Crippen molar-refractivity contribution in [3.8, 4) is 0 Å². The first-order valence-electron chi connectivity index (χ1n) is 4.98. The van der Waals surface area contributed by atoms with Gasteiger partial charge in [-0.3, -0.25) is 0 Å². The van der Waals surface area contributed by atoms with Crippen molar-refractivity contribution in [1.82, 2.24) is 0 Å². The molecule has 0 saturated carbocycles. The molecule has 18 heavy (non-hydrogen) atoms. The fourth-order valence-corrected chi connectivity index (χ4v) is 1.27. The molecular weight excluding hydrogens is 250 g/mol. The van der Waals surface area contributed by atoms with E-state index < -0.39 is 17.6 Å². The maximum absolute atomic E-state index is 13.0. The van der Waals surface area contributed by atoms with Gasteiger partial charge in [0.1, 0.15) is 5.82 Å². The van der Waals surface area contributed by atoms with Crippen LogP contribution in [0.25, 0.3) is 16.5 Å². The van der Waals surface area contributed by atoms with Crippen LogP contribution < -0.4 is 0 Å². The predicted molar refractivity (Wildman–Crippen MR) is 59.1 cm³/mol. The van der Waals surface area contributed by atoms with Crippen LogP contribution in [-0.4, -0.2) is 6.54 Å². The lowest BCUT2D eigenvalue weighted by atomic mass is 10.1. The molecule has 96 valence electrons. The molecule has 3 nitrogen and oxygen atoms in total. The first-order chi connectivity index (χ1) is 8.43. The molecule has 0 fully saturated rings. The number of nitrogens with zero attached hydrogens (tertiary/aromatic N) is 3. The second-order valence-electron chi connectivity index (χ2n) is 3.42. The summed E-state index contributed by atoms with van der Waals surface area (Å²) in [4.78, 5) is 2.52. The van der Waals surface area contributed by atoms with Gasteiger partial charge in [-0.15, -0.1) is 0 Å². The highest BCUT2D eigenvalue weighted by atomic mass is 19.4. The van der Waals surface area contributed by atoms with Gasteiger partial charge in [-0.05, 0) is 35.7 Å². The third kappa shape index (κ3) is 4.47. The lowest BCUT2D eigenvalue weighted by Crippen LogP contribution is -2.05. The van der Waals surface area contributed by atoms with Gasteiger partial charge in [0, 0.05) is 11.5 Å². The van der Waals surface area contributed by atoms with Crippen molar-refractivity contribution in [2.45, 2.75) is 12.6 Å². The molecule has 1 aromatic carbocycles. The average molecular weight is 259 g/mol. The Morgan fingerprint density at radius 1 is 1.28 bits per heavy atom. The van der Waals surface area contributed by atoms with Crippen molar-refractivity contribution in [2.75, 3.05) is 6.54 Å². The number of hydrogen-bond donors (Lipinski definition) is 0. The maximum atomic E-state index is 13.0. The SMILES string of the molecule is [N-]=[N+]=NCCC=Cc1cc(F)cc(C(F)(F)F)c1. The van der Waals surface area contributed by atoms with E-state index >= 15 is 0 Å². The summed E-state index contributed by atoms with van der Waals surface area (Å²) in [5.41, 5.74) is 7.09. The zero-order chi connectivity index (χ0) is 13.6. The zero-order valence-electron chi connectivity index (χ0n) is 9.15. The van der Waals surface area contributed by atoms with Gasteiger partial charge in [-0.25, -0.2) is 4.39 Å². The summed E-state index contributed by atoms with van der Waals surface area (Å²) >= 11 is 0. The van der Waals surface area contributed by atoms with Crippen LogP contribution in [0.3, 0.4) is 0 Å². The summed E-state index contributed by atoms with van der Waals surface area (Å²) in [5, 5.41) is 3.25. The molecule has 0 aliphatic rings. The molecule has 0 atom stereocenters. The molecule has 1 rings (SSSR count). The Labute approximate surface area is 100 Å². The van der Waals surface area contributed by atoms with Crippen molar-refractivity contribution in [1.29, 1.82) is 0 Å². The van der Waals surface area contributed by atoms with Gasteiger partial charge in [0.05, 0.1) is 5.56 Å². The second kappa shape index (κ2) is 6.07. The Hall–Kier alpha value is -2.01. The van der Waals surface area contributed by atoms with Crippen LogP contribution in [0.4, 0.5) is 17.6 Å². The second-order valence-corrected chi connectivity index (χ2v) is 3.42. The Kier molecular flexibility index (Phi) is 4.74. The lowest BCUT2D eigenvalue weighted by molar-refractivity contribution is -0.137. The Bertz CT molecular complexity index is 488. The molecule has 0 aliphatic heterocycles. The van der Waals surface area contributed by atoms with E-state index in [9.17, 15) is 17.6 Å². The van der Waals surface area contributed by atoms with Crippen molar-refractivity contribution >= 4 is 6.08 Å². The van der Waals surface area contributed by atoms with Crippen molar-refractivity contribution in [3.63, 3.8) is 0 Å². The fraction of sp³-hybridized carbons (Fsp3) is 0.273. The third-order valence-corrected chi connectivity index (χ3v) is 2.02. The van der Waals surface area contributed by atoms with Gasteiger partial charge in [-0.1, -0.05) is 17.3 Å². The highest BCUT2D eigenvalue weighted by Gasteiger charge is 2.31. The molecule has 0 spiro atoms. The molecule has 0 saturated heterocycles. The van der Waals surface area contributed by atoms with Crippen molar-refractivity contribution < 1.29 is 17.6 Å². The number of alkyl halides is 3. The summed E-state index contributed by atoms with van der Waals surface area (Å²) < 4.78 is 50.2. The minimum absolute atomic E-state index is 0.114. The fourth-order valence-electron chi connectivity index (χ4n) is 1.27. The average Bonchev–Trinajstić information content (AvgIpc) is 2.27. The van der Waals surface area contributed by atoms with Crippen LogP contribution in [-0.2, 0) is 6.18 Å². The van der Waals surface area contributed by atoms with Gasteiger partial charge in [0.2, 0.25) is 0 Å². The van der Waals surface area contributed by atoms with Crippen LogP contribution in [0.1, 0.15) is 17.5 Å². The molecule has 0 amide bonds. The van der Waals surface area contributed by atoms with Crippen molar-refractivity contribution in [2.24, 2.45) is 5.11 Å². The smallest absolute Gasteiger partial charge is 0.207 e. The van der Waals surface area contributed by atoms with Gasteiger partial charge >= 0.3 is 6.18 Å². The number of azide groups is 1. The molecule has 0 aliphatic carbocycles. The number of benzene rings is 1. The molecular formula is C11H9F4N3. The molecule has 1 aromatic rings. The standard InChI is InChI=1S/C11H9F4N3/c12-10-6-8(3-1-2-4-17-18-16)5-9(7-10)11(13,14)15/h1,3,5-7H,2,4H2. The minimum Gasteiger partial charge on any atom is -0.207 e. The van der Waals surface area contributed by atoms with E-state index in [0.717, 1.165) is 12.1 Å². The number of halogens is 4. The Morgan fingerprint density at radius 3 is 2.61 bits per heavy atom. The van der Waals surface area contributed by atoms with E-state index in [-0.39, 0.29) is 12.1 Å². The molecule has 0 unspecified atom stereocenters. The number of hydrogen-bond acceptors (Lipinski definition) is 1. The van der Waals surface area contributed by atoms with Gasteiger partial charge < -0.3 is 0 Å². The molecule has 7 heteroatoms. The summed E-state index contributed by atoms with van der Waals surface area (Å²) in [6.07, 6.45) is -1.33. The highest BCUT2D eigenvalue weighted by Crippen LogP contribution is 2.30. The lowest BCUT2D eigenvalue weighted by Gasteiger charge is -2.07. The minimum atomic E-state index is -4.57. The largest absolute Gasteiger partial charge is 0.416 e. The topological polar surface area (TPSA) is 48.8 Å². The Balaban J connectivity index is 2.83.